The SMILES string of the molecule is CSc1ccc(C(=O)OCC(=O)OC(C)(C)C)cc1[N+](=O)[O-]. The predicted molar refractivity (Wildman–Crippen MR) is 81.0 cm³/mol. The van der Waals surface area contributed by atoms with Crippen molar-refractivity contribution in [2.24, 2.45) is 0 Å². The van der Waals surface area contributed by atoms with Gasteiger partial charge < -0.3 is 9.47 Å². The van der Waals surface area contributed by atoms with Crippen LogP contribution in [0.3, 0.4) is 0 Å². The third-order valence-corrected chi connectivity index (χ3v) is 3.14. The molecule has 0 amide bonds. The van der Waals surface area contributed by atoms with E-state index in [9.17, 15) is 19.7 Å². The van der Waals surface area contributed by atoms with Crippen molar-refractivity contribution in [3.8, 4) is 0 Å². The second-order valence-corrected chi connectivity index (χ2v) is 6.15. The topological polar surface area (TPSA) is 95.7 Å². The third-order valence-electron chi connectivity index (χ3n) is 2.35. The minimum absolute atomic E-state index is 0.00746. The third kappa shape index (κ3) is 5.36. The highest BCUT2D eigenvalue weighted by atomic mass is 32.2. The lowest BCUT2D eigenvalue weighted by molar-refractivity contribution is -0.387. The van der Waals surface area contributed by atoms with E-state index < -0.39 is 29.1 Å². The average molecular weight is 327 g/mol. The Labute approximate surface area is 132 Å². The van der Waals surface area contributed by atoms with Crippen LogP contribution in [0.4, 0.5) is 5.69 Å². The number of ether oxygens (including phenoxy) is 2. The first-order valence-electron chi connectivity index (χ1n) is 6.35. The summed E-state index contributed by atoms with van der Waals surface area (Å²) in [5.41, 5.74) is -0.852. The molecule has 0 saturated carbocycles. The van der Waals surface area contributed by atoms with Crippen LogP contribution < -0.4 is 0 Å². The zero-order valence-electron chi connectivity index (χ0n) is 12.7. The number of hydrogen-bond donors (Lipinski definition) is 0. The molecule has 0 fully saturated rings. The minimum atomic E-state index is -0.818. The fraction of sp³-hybridized carbons (Fsp3) is 0.429. The lowest BCUT2D eigenvalue weighted by atomic mass is 10.2. The van der Waals surface area contributed by atoms with Gasteiger partial charge in [-0.2, -0.15) is 0 Å². The summed E-state index contributed by atoms with van der Waals surface area (Å²) in [6, 6.07) is 4.01. The normalized spacial score (nSPS) is 10.9. The summed E-state index contributed by atoms with van der Waals surface area (Å²) in [7, 11) is 0. The number of carbonyl (C=O) groups excluding carboxylic acids is 2. The first kappa shape index (κ1) is 18.0. The summed E-state index contributed by atoms with van der Waals surface area (Å²) in [5.74, 6) is -1.50. The number of rotatable bonds is 5. The first-order valence-corrected chi connectivity index (χ1v) is 7.58. The molecule has 1 aromatic rings. The standard InChI is InChI=1S/C14H17NO6S/c1-14(2,3)21-12(16)8-20-13(17)9-5-6-11(22-4)10(7-9)15(18)19/h5-7H,8H2,1-4H3. The Kier molecular flexibility index (Phi) is 5.92. The molecule has 0 heterocycles. The van der Waals surface area contributed by atoms with Gasteiger partial charge in [-0.05, 0) is 39.2 Å². The van der Waals surface area contributed by atoms with Crippen LogP contribution in [-0.4, -0.2) is 35.3 Å². The Morgan fingerprint density at radius 2 is 1.95 bits per heavy atom. The summed E-state index contributed by atoms with van der Waals surface area (Å²) in [6.45, 7) is 4.53. The van der Waals surface area contributed by atoms with Crippen LogP contribution in [0.1, 0.15) is 31.1 Å². The Hall–Kier alpha value is -2.09. The summed E-state index contributed by atoms with van der Waals surface area (Å²) >= 11 is 1.20. The van der Waals surface area contributed by atoms with Crippen molar-refractivity contribution < 1.29 is 24.0 Å². The van der Waals surface area contributed by atoms with E-state index in [2.05, 4.69) is 0 Å². The summed E-state index contributed by atoms with van der Waals surface area (Å²) < 4.78 is 9.80. The molecule has 1 aromatic carbocycles. The van der Waals surface area contributed by atoms with Crippen LogP contribution in [-0.2, 0) is 14.3 Å². The van der Waals surface area contributed by atoms with E-state index >= 15 is 0 Å². The molecule has 0 aliphatic heterocycles. The number of nitrogens with zero attached hydrogens (tertiary/aromatic N) is 1. The van der Waals surface area contributed by atoms with Gasteiger partial charge in [0.25, 0.3) is 5.69 Å². The molecule has 0 aromatic heterocycles. The van der Waals surface area contributed by atoms with Gasteiger partial charge in [-0.15, -0.1) is 11.8 Å². The van der Waals surface area contributed by atoms with Crippen molar-refractivity contribution in [3.63, 3.8) is 0 Å². The highest BCUT2D eigenvalue weighted by Crippen LogP contribution is 2.28. The van der Waals surface area contributed by atoms with Crippen LogP contribution in [0.2, 0.25) is 0 Å². The molecule has 0 bridgehead atoms. The van der Waals surface area contributed by atoms with Crippen LogP contribution in [0.5, 0.6) is 0 Å². The monoisotopic (exact) mass is 327 g/mol. The number of hydrogen-bond acceptors (Lipinski definition) is 7. The molecule has 0 N–H and O–H groups in total. The number of carbonyl (C=O) groups is 2. The van der Waals surface area contributed by atoms with E-state index in [1.165, 1.54) is 23.9 Å². The molecule has 1 rings (SSSR count). The van der Waals surface area contributed by atoms with E-state index in [-0.39, 0.29) is 11.3 Å². The van der Waals surface area contributed by atoms with Gasteiger partial charge in [0.15, 0.2) is 6.61 Å². The van der Waals surface area contributed by atoms with Gasteiger partial charge in [0.2, 0.25) is 0 Å². The Bertz CT molecular complexity index is 593. The zero-order chi connectivity index (χ0) is 16.9. The molecule has 0 atom stereocenters. The molecular weight excluding hydrogens is 310 g/mol. The maximum Gasteiger partial charge on any atom is 0.344 e. The fourth-order valence-electron chi connectivity index (χ4n) is 1.54. The Morgan fingerprint density at radius 3 is 2.45 bits per heavy atom. The highest BCUT2D eigenvalue weighted by Gasteiger charge is 2.20. The van der Waals surface area contributed by atoms with Gasteiger partial charge in [-0.3, -0.25) is 10.1 Å². The van der Waals surface area contributed by atoms with E-state index in [4.69, 9.17) is 9.47 Å². The molecule has 22 heavy (non-hydrogen) atoms. The van der Waals surface area contributed by atoms with E-state index in [0.29, 0.717) is 4.90 Å². The second kappa shape index (κ2) is 7.26. The number of thioether (sulfide) groups is 1. The summed E-state index contributed by atoms with van der Waals surface area (Å²) in [5, 5.41) is 10.9. The fourth-order valence-corrected chi connectivity index (χ4v) is 2.09. The average Bonchev–Trinajstić information content (AvgIpc) is 2.42. The van der Waals surface area contributed by atoms with Gasteiger partial charge in [0.05, 0.1) is 15.4 Å². The predicted octanol–water partition coefficient (Wildman–Crippen LogP) is 2.82. The van der Waals surface area contributed by atoms with Crippen molar-refractivity contribution in [2.45, 2.75) is 31.3 Å². The van der Waals surface area contributed by atoms with Crippen LogP contribution in [0.15, 0.2) is 23.1 Å². The number of esters is 2. The molecule has 0 radical (unpaired) electrons. The lowest BCUT2D eigenvalue weighted by Gasteiger charge is -2.19. The quantitative estimate of drug-likeness (QED) is 0.355. The number of benzene rings is 1. The zero-order valence-corrected chi connectivity index (χ0v) is 13.6. The highest BCUT2D eigenvalue weighted by molar-refractivity contribution is 7.98. The number of nitro benzene ring substituents is 1. The molecule has 0 spiro atoms. The van der Waals surface area contributed by atoms with Crippen molar-refractivity contribution in [1.82, 2.24) is 0 Å². The van der Waals surface area contributed by atoms with Crippen molar-refractivity contribution >= 4 is 29.4 Å². The molecule has 8 heteroatoms. The lowest BCUT2D eigenvalue weighted by Crippen LogP contribution is -2.27. The Morgan fingerprint density at radius 1 is 1.32 bits per heavy atom. The van der Waals surface area contributed by atoms with Crippen molar-refractivity contribution in [1.29, 1.82) is 0 Å². The van der Waals surface area contributed by atoms with Gasteiger partial charge in [0.1, 0.15) is 5.60 Å². The maximum atomic E-state index is 11.8. The van der Waals surface area contributed by atoms with Crippen LogP contribution in [0, 0.1) is 10.1 Å². The molecule has 0 saturated heterocycles. The van der Waals surface area contributed by atoms with E-state index in [1.807, 2.05) is 0 Å². The Balaban J connectivity index is 2.76. The van der Waals surface area contributed by atoms with Crippen molar-refractivity contribution in [2.75, 3.05) is 12.9 Å². The first-order chi connectivity index (χ1) is 10.1. The van der Waals surface area contributed by atoms with Crippen LogP contribution >= 0.6 is 11.8 Å². The van der Waals surface area contributed by atoms with Gasteiger partial charge >= 0.3 is 11.9 Å². The largest absolute Gasteiger partial charge is 0.457 e. The smallest absolute Gasteiger partial charge is 0.344 e. The minimum Gasteiger partial charge on any atom is -0.457 e. The van der Waals surface area contributed by atoms with Gasteiger partial charge in [0, 0.05) is 6.07 Å². The van der Waals surface area contributed by atoms with Gasteiger partial charge in [-0.25, -0.2) is 9.59 Å². The molecule has 0 aliphatic rings. The van der Waals surface area contributed by atoms with Crippen LogP contribution in [0.25, 0.3) is 0 Å². The second-order valence-electron chi connectivity index (χ2n) is 5.31. The maximum absolute atomic E-state index is 11.8. The molecule has 0 unspecified atom stereocenters. The molecule has 7 nitrogen and oxygen atoms in total. The molecule has 0 aliphatic carbocycles. The summed E-state index contributed by atoms with van der Waals surface area (Å²) in [4.78, 5) is 34.1. The van der Waals surface area contributed by atoms with E-state index in [0.717, 1.165) is 6.07 Å². The van der Waals surface area contributed by atoms with Gasteiger partial charge in [-0.1, -0.05) is 0 Å². The van der Waals surface area contributed by atoms with Crippen molar-refractivity contribution in [3.05, 3.63) is 33.9 Å². The summed E-state index contributed by atoms with van der Waals surface area (Å²) in [6.07, 6.45) is 1.70. The number of nitro groups is 1. The molecule has 120 valence electrons. The van der Waals surface area contributed by atoms with E-state index in [1.54, 1.807) is 27.0 Å². The molecular formula is C14H17NO6S.